The van der Waals surface area contributed by atoms with Crippen molar-refractivity contribution in [1.82, 2.24) is 9.62 Å². The minimum Gasteiger partial charge on any atom is -0.390 e. The fourth-order valence-corrected chi connectivity index (χ4v) is 9.11. The van der Waals surface area contributed by atoms with Crippen molar-refractivity contribution >= 4 is 38.2 Å². The highest BCUT2D eigenvalue weighted by atomic mass is 35.5. The molecule has 0 radical (unpaired) electrons. The van der Waals surface area contributed by atoms with E-state index in [1.165, 1.54) is 29.2 Å². The predicted molar refractivity (Wildman–Crippen MR) is 190 cm³/mol. The van der Waals surface area contributed by atoms with E-state index in [1.54, 1.807) is 18.2 Å². The van der Waals surface area contributed by atoms with Crippen LogP contribution >= 0.6 is 12.4 Å². The first-order valence-corrected chi connectivity index (χ1v) is 19.4. The second kappa shape index (κ2) is 19.5. The third-order valence-electron chi connectivity index (χ3n) is 8.16. The standard InChI is InChI=1S/C35H47F2N3O6S2.ClH/c1-4-11-30(12-5-2)47(43,44)24-33(39-48(45,46)31-15-8-7-9-16-31)35(42)40(22-26-14-10-13-25(6-3)17-26)23-34(41)32(38)20-27-18-28(36)21-29(37)19-27;/h7-10,13-19,21,30,32-34,39,41H,4-6,11-12,20,22-24,38H2,1-3H3;1H/t32-,33-,34+;/m0./s1. The number of hydrogen-bond donors (Lipinski definition) is 3. The Morgan fingerprint density at radius 3 is 2.02 bits per heavy atom. The maximum atomic E-state index is 14.4. The number of aliphatic hydroxyl groups is 1. The summed E-state index contributed by atoms with van der Waals surface area (Å²) < 4.78 is 84.6. The first kappa shape index (κ1) is 42.2. The van der Waals surface area contributed by atoms with E-state index < -0.39 is 73.1 Å². The molecule has 0 spiro atoms. The lowest BCUT2D eigenvalue weighted by molar-refractivity contribution is -0.134. The van der Waals surface area contributed by atoms with Crippen LogP contribution in [0.4, 0.5) is 8.78 Å². The molecule has 3 atom stereocenters. The molecule has 3 aromatic rings. The largest absolute Gasteiger partial charge is 0.390 e. The maximum Gasteiger partial charge on any atom is 0.242 e. The summed E-state index contributed by atoms with van der Waals surface area (Å²) in [7, 11) is -8.35. The van der Waals surface area contributed by atoms with Crippen molar-refractivity contribution in [1.29, 1.82) is 0 Å². The zero-order chi connectivity index (χ0) is 35.5. The summed E-state index contributed by atoms with van der Waals surface area (Å²) in [6, 6.07) is 14.7. The maximum absolute atomic E-state index is 14.4. The number of aryl methyl sites for hydroxylation is 1. The number of benzene rings is 3. The van der Waals surface area contributed by atoms with Gasteiger partial charge in [-0.1, -0.05) is 76.1 Å². The number of nitrogens with two attached hydrogens (primary N) is 1. The van der Waals surface area contributed by atoms with Crippen LogP contribution in [0.2, 0.25) is 0 Å². The van der Waals surface area contributed by atoms with Crippen LogP contribution in [0.3, 0.4) is 0 Å². The summed E-state index contributed by atoms with van der Waals surface area (Å²) in [5, 5.41) is 10.4. The van der Waals surface area contributed by atoms with Crippen molar-refractivity contribution < 1.29 is 35.5 Å². The first-order chi connectivity index (χ1) is 22.7. The summed E-state index contributed by atoms with van der Waals surface area (Å²) in [6.07, 6.45) is 1.01. The van der Waals surface area contributed by atoms with Gasteiger partial charge in [-0.2, -0.15) is 4.72 Å². The molecular weight excluding hydrogens is 696 g/mol. The highest BCUT2D eigenvalue weighted by molar-refractivity contribution is 7.92. The summed E-state index contributed by atoms with van der Waals surface area (Å²) in [5.74, 6) is -3.27. The number of hydrogen-bond acceptors (Lipinski definition) is 7. The van der Waals surface area contributed by atoms with Gasteiger partial charge < -0.3 is 15.7 Å². The number of amides is 1. The molecule has 4 N–H and O–H groups in total. The number of aliphatic hydroxyl groups excluding tert-OH is 1. The molecular formula is C35H48ClF2N3O6S2. The third kappa shape index (κ3) is 12.7. The second-order valence-electron chi connectivity index (χ2n) is 12.1. The molecule has 0 bridgehead atoms. The van der Waals surface area contributed by atoms with E-state index in [0.717, 1.165) is 17.7 Å². The van der Waals surface area contributed by atoms with Crippen molar-refractivity contribution in [3.05, 3.63) is 101 Å². The molecule has 272 valence electrons. The molecule has 49 heavy (non-hydrogen) atoms. The molecule has 9 nitrogen and oxygen atoms in total. The molecule has 0 saturated carbocycles. The van der Waals surface area contributed by atoms with Crippen molar-refractivity contribution in [3.63, 3.8) is 0 Å². The molecule has 1 amide bonds. The van der Waals surface area contributed by atoms with Gasteiger partial charge in [0.1, 0.15) is 17.7 Å². The van der Waals surface area contributed by atoms with Crippen LogP contribution in [0, 0.1) is 11.6 Å². The number of halogens is 3. The predicted octanol–water partition coefficient (Wildman–Crippen LogP) is 4.94. The number of sulfonamides is 1. The molecule has 3 rings (SSSR count). The lowest BCUT2D eigenvalue weighted by atomic mass is 10.0. The highest BCUT2D eigenvalue weighted by Crippen LogP contribution is 2.20. The molecule has 0 aliphatic rings. The summed E-state index contributed by atoms with van der Waals surface area (Å²) in [5.41, 5.74) is 8.09. The Balaban J connectivity index is 0.00000833. The molecule has 0 fully saturated rings. The molecule has 3 aromatic carbocycles. The quantitative estimate of drug-likeness (QED) is 0.158. The molecule has 0 aliphatic heterocycles. The van der Waals surface area contributed by atoms with Crippen LogP contribution < -0.4 is 10.5 Å². The third-order valence-corrected chi connectivity index (χ3v) is 11.9. The average molecular weight is 744 g/mol. The zero-order valence-corrected chi connectivity index (χ0v) is 30.5. The van der Waals surface area contributed by atoms with Crippen molar-refractivity contribution in [3.8, 4) is 0 Å². The van der Waals surface area contributed by atoms with Crippen LogP contribution in [0.25, 0.3) is 0 Å². The smallest absolute Gasteiger partial charge is 0.242 e. The van der Waals surface area contributed by atoms with Crippen LogP contribution in [-0.2, 0) is 44.0 Å². The normalized spacial score (nSPS) is 13.8. The van der Waals surface area contributed by atoms with Gasteiger partial charge in [0.15, 0.2) is 9.84 Å². The SMILES string of the molecule is CCCC(CCC)S(=O)(=O)C[C@H](NS(=O)(=O)c1ccccc1)C(=O)N(Cc1cccc(CC)c1)C[C@@H](O)[C@@H](N)Cc1cc(F)cc(F)c1.Cl. The minimum absolute atomic E-state index is 0. The van der Waals surface area contributed by atoms with Gasteiger partial charge in [0.25, 0.3) is 0 Å². The van der Waals surface area contributed by atoms with Crippen LogP contribution in [-0.4, -0.2) is 68.5 Å². The van der Waals surface area contributed by atoms with Gasteiger partial charge in [-0.3, -0.25) is 4.79 Å². The average Bonchev–Trinajstić information content (AvgIpc) is 3.03. The zero-order valence-electron chi connectivity index (χ0n) is 28.1. The van der Waals surface area contributed by atoms with E-state index in [-0.39, 0.29) is 35.8 Å². The Hall–Kier alpha value is -2.94. The summed E-state index contributed by atoms with van der Waals surface area (Å²) in [6.45, 7) is 5.16. The Morgan fingerprint density at radius 1 is 0.857 bits per heavy atom. The monoisotopic (exact) mass is 743 g/mol. The van der Waals surface area contributed by atoms with Crippen molar-refractivity contribution in [2.24, 2.45) is 5.73 Å². The summed E-state index contributed by atoms with van der Waals surface area (Å²) >= 11 is 0. The molecule has 0 heterocycles. The lowest BCUT2D eigenvalue weighted by Crippen LogP contribution is -2.55. The van der Waals surface area contributed by atoms with E-state index in [0.29, 0.717) is 43.7 Å². The van der Waals surface area contributed by atoms with Crippen LogP contribution in [0.15, 0.2) is 77.7 Å². The number of carbonyl (C=O) groups excluding carboxylic acids is 1. The minimum atomic E-state index is -4.36. The van der Waals surface area contributed by atoms with E-state index in [9.17, 15) is 35.5 Å². The molecule has 0 aromatic heterocycles. The van der Waals surface area contributed by atoms with E-state index in [2.05, 4.69) is 4.72 Å². The van der Waals surface area contributed by atoms with E-state index in [1.807, 2.05) is 32.9 Å². The lowest BCUT2D eigenvalue weighted by Gasteiger charge is -2.32. The van der Waals surface area contributed by atoms with Gasteiger partial charge >= 0.3 is 0 Å². The number of nitrogens with zero attached hydrogens (tertiary/aromatic N) is 1. The number of nitrogens with one attached hydrogen (secondary N) is 1. The Labute approximate surface area is 295 Å². The number of sulfone groups is 1. The fraction of sp³-hybridized carbons (Fsp3) is 0.457. The highest BCUT2D eigenvalue weighted by Gasteiger charge is 2.37. The van der Waals surface area contributed by atoms with Gasteiger partial charge in [0.2, 0.25) is 15.9 Å². The van der Waals surface area contributed by atoms with Gasteiger partial charge in [0, 0.05) is 25.2 Å². The first-order valence-electron chi connectivity index (χ1n) is 16.2. The molecule has 14 heteroatoms. The fourth-order valence-electron chi connectivity index (χ4n) is 5.65. The molecule has 0 aliphatic carbocycles. The van der Waals surface area contributed by atoms with Crippen LogP contribution in [0.1, 0.15) is 63.1 Å². The van der Waals surface area contributed by atoms with E-state index in [4.69, 9.17) is 5.73 Å². The topological polar surface area (TPSA) is 147 Å². The van der Waals surface area contributed by atoms with Gasteiger partial charge in [-0.25, -0.2) is 25.6 Å². The van der Waals surface area contributed by atoms with Crippen molar-refractivity contribution in [2.45, 2.75) is 94.2 Å². The Morgan fingerprint density at radius 2 is 1.45 bits per heavy atom. The summed E-state index contributed by atoms with van der Waals surface area (Å²) in [4.78, 5) is 15.5. The Kier molecular flexibility index (Phi) is 16.8. The van der Waals surface area contributed by atoms with Crippen molar-refractivity contribution in [2.75, 3.05) is 12.3 Å². The van der Waals surface area contributed by atoms with Gasteiger partial charge in [-0.15, -0.1) is 12.4 Å². The molecule has 0 saturated heterocycles. The van der Waals surface area contributed by atoms with Gasteiger partial charge in [-0.05, 0) is 66.6 Å². The van der Waals surface area contributed by atoms with Crippen LogP contribution in [0.5, 0.6) is 0 Å². The molecule has 0 unspecified atom stereocenters. The Bertz CT molecular complexity index is 1690. The number of rotatable bonds is 19. The second-order valence-corrected chi connectivity index (χ2v) is 16.2. The van der Waals surface area contributed by atoms with E-state index >= 15 is 0 Å². The number of carbonyl (C=O) groups is 1. The van der Waals surface area contributed by atoms with Gasteiger partial charge in [0.05, 0.1) is 22.0 Å².